The van der Waals surface area contributed by atoms with Crippen LogP contribution in [-0.2, 0) is 9.59 Å². The van der Waals surface area contributed by atoms with E-state index in [4.69, 9.17) is 11.2 Å². The van der Waals surface area contributed by atoms with Crippen molar-refractivity contribution in [1.29, 1.82) is 0 Å². The van der Waals surface area contributed by atoms with Crippen LogP contribution in [0, 0.1) is 12.3 Å². The number of methoxy groups -OCH3 is 1. The largest absolute Gasteiger partial charge is 0.496 e. The standard InChI is InChI=1S/C18H23N3O3/c1-4-11-20-17(22)14-9-7-12-21(14)16(18(23)19-2)13-8-5-6-10-15(13)24-3/h1,5-6,8,10,14,16H,7,9,11-12H2,2-3H3,(H,19,23)(H,20,22)/t14-,16+/m0/s1. The zero-order valence-corrected chi connectivity index (χ0v) is 14.0. The Balaban J connectivity index is 2.35. The quantitative estimate of drug-likeness (QED) is 0.754. The Hall–Kier alpha value is -2.52. The Morgan fingerprint density at radius 1 is 1.46 bits per heavy atom. The van der Waals surface area contributed by atoms with Gasteiger partial charge in [-0.1, -0.05) is 24.1 Å². The first-order valence-corrected chi connectivity index (χ1v) is 7.95. The number of carbonyl (C=O) groups is 2. The smallest absolute Gasteiger partial charge is 0.241 e. The SMILES string of the molecule is C#CCNC(=O)[C@@H]1CCCN1[C@@H](C(=O)NC)c1ccccc1OC. The summed E-state index contributed by atoms with van der Waals surface area (Å²) in [5.74, 6) is 2.71. The number of hydrogen-bond donors (Lipinski definition) is 2. The van der Waals surface area contributed by atoms with Crippen molar-refractivity contribution >= 4 is 11.8 Å². The summed E-state index contributed by atoms with van der Waals surface area (Å²) < 4.78 is 5.41. The summed E-state index contributed by atoms with van der Waals surface area (Å²) in [6.07, 6.45) is 6.75. The van der Waals surface area contributed by atoms with Gasteiger partial charge in [0.2, 0.25) is 11.8 Å². The Kier molecular flexibility index (Phi) is 6.21. The van der Waals surface area contributed by atoms with Gasteiger partial charge < -0.3 is 15.4 Å². The molecule has 1 aromatic rings. The molecular weight excluding hydrogens is 306 g/mol. The number of likely N-dealkylation sites (N-methyl/N-ethyl adjacent to an activating group) is 1. The zero-order valence-electron chi connectivity index (χ0n) is 14.0. The van der Waals surface area contributed by atoms with Crippen LogP contribution in [0.1, 0.15) is 24.4 Å². The van der Waals surface area contributed by atoms with E-state index in [0.29, 0.717) is 18.7 Å². The lowest BCUT2D eigenvalue weighted by Gasteiger charge is -2.32. The first-order valence-electron chi connectivity index (χ1n) is 7.95. The molecule has 2 N–H and O–H groups in total. The summed E-state index contributed by atoms with van der Waals surface area (Å²) in [5, 5.41) is 5.41. The topological polar surface area (TPSA) is 70.7 Å². The lowest BCUT2D eigenvalue weighted by molar-refractivity contribution is -0.131. The molecule has 24 heavy (non-hydrogen) atoms. The molecule has 1 aromatic carbocycles. The molecule has 0 saturated carbocycles. The zero-order chi connectivity index (χ0) is 17.5. The van der Waals surface area contributed by atoms with Crippen molar-refractivity contribution in [3.05, 3.63) is 29.8 Å². The molecule has 6 nitrogen and oxygen atoms in total. The third kappa shape index (κ3) is 3.69. The average molecular weight is 329 g/mol. The summed E-state index contributed by atoms with van der Waals surface area (Å²) in [4.78, 5) is 26.9. The molecule has 6 heteroatoms. The Morgan fingerprint density at radius 2 is 2.21 bits per heavy atom. The summed E-state index contributed by atoms with van der Waals surface area (Å²) in [6.45, 7) is 0.840. The number of amides is 2. The van der Waals surface area contributed by atoms with Gasteiger partial charge in [-0.2, -0.15) is 0 Å². The number of hydrogen-bond acceptors (Lipinski definition) is 4. The molecule has 1 aliphatic heterocycles. The van der Waals surface area contributed by atoms with Crippen molar-refractivity contribution in [1.82, 2.24) is 15.5 Å². The molecule has 0 aliphatic carbocycles. The summed E-state index contributed by atoms with van der Waals surface area (Å²) in [5.41, 5.74) is 0.746. The lowest BCUT2D eigenvalue weighted by atomic mass is 10.0. The maximum Gasteiger partial charge on any atom is 0.241 e. The van der Waals surface area contributed by atoms with Gasteiger partial charge in [0.15, 0.2) is 0 Å². The van der Waals surface area contributed by atoms with Gasteiger partial charge in [0.1, 0.15) is 11.8 Å². The van der Waals surface area contributed by atoms with Crippen LogP contribution in [0.5, 0.6) is 5.75 Å². The van der Waals surface area contributed by atoms with Crippen LogP contribution < -0.4 is 15.4 Å². The first kappa shape index (κ1) is 17.8. The highest BCUT2D eigenvalue weighted by Crippen LogP contribution is 2.34. The number of ether oxygens (including phenoxy) is 1. The minimum atomic E-state index is -0.588. The van der Waals surface area contributed by atoms with Crippen LogP contribution >= 0.6 is 0 Å². The van der Waals surface area contributed by atoms with E-state index in [9.17, 15) is 9.59 Å². The van der Waals surface area contributed by atoms with Crippen LogP contribution in [0.25, 0.3) is 0 Å². The molecule has 1 saturated heterocycles. The Morgan fingerprint density at radius 3 is 2.88 bits per heavy atom. The highest BCUT2D eigenvalue weighted by Gasteiger charge is 2.40. The van der Waals surface area contributed by atoms with E-state index in [1.165, 1.54) is 0 Å². The number of para-hydroxylation sites is 1. The first-order chi connectivity index (χ1) is 11.6. The fourth-order valence-electron chi connectivity index (χ4n) is 3.14. The summed E-state index contributed by atoms with van der Waals surface area (Å²) >= 11 is 0. The number of rotatable bonds is 6. The summed E-state index contributed by atoms with van der Waals surface area (Å²) in [7, 11) is 3.16. The molecule has 0 aromatic heterocycles. The van der Waals surface area contributed by atoms with E-state index >= 15 is 0 Å². The summed E-state index contributed by atoms with van der Waals surface area (Å²) in [6, 6.07) is 6.41. The van der Waals surface area contributed by atoms with E-state index in [1.54, 1.807) is 14.2 Å². The molecule has 2 rings (SSSR count). The molecule has 2 atom stereocenters. The minimum absolute atomic E-state index is 0.144. The van der Waals surface area contributed by atoms with Gasteiger partial charge in [-0.05, 0) is 18.9 Å². The van der Waals surface area contributed by atoms with Crippen molar-refractivity contribution in [3.63, 3.8) is 0 Å². The minimum Gasteiger partial charge on any atom is -0.496 e. The number of nitrogens with one attached hydrogen (secondary N) is 2. The Labute approximate surface area is 142 Å². The molecule has 0 bridgehead atoms. The van der Waals surface area contributed by atoms with Crippen LogP contribution in [0.2, 0.25) is 0 Å². The molecular formula is C18H23N3O3. The molecule has 1 heterocycles. The predicted octanol–water partition coefficient (Wildman–Crippen LogP) is 0.696. The van der Waals surface area contributed by atoms with Gasteiger partial charge in [0.05, 0.1) is 19.7 Å². The molecule has 0 spiro atoms. The lowest BCUT2D eigenvalue weighted by Crippen LogP contribution is -2.48. The number of nitrogens with zero attached hydrogens (tertiary/aromatic N) is 1. The Bertz CT molecular complexity index is 639. The van der Waals surface area contributed by atoms with Gasteiger partial charge in [-0.15, -0.1) is 6.42 Å². The normalized spacial score (nSPS) is 18.5. The second kappa shape index (κ2) is 8.37. The maximum atomic E-state index is 12.6. The molecule has 1 fully saturated rings. The van der Waals surface area contributed by atoms with Gasteiger partial charge in [-0.25, -0.2) is 0 Å². The number of carbonyl (C=O) groups excluding carboxylic acids is 2. The fourth-order valence-corrected chi connectivity index (χ4v) is 3.14. The third-order valence-electron chi connectivity index (χ3n) is 4.22. The van der Waals surface area contributed by atoms with Gasteiger partial charge >= 0.3 is 0 Å². The van der Waals surface area contributed by atoms with Gasteiger partial charge in [0, 0.05) is 19.2 Å². The third-order valence-corrected chi connectivity index (χ3v) is 4.22. The van der Waals surface area contributed by atoms with Crippen molar-refractivity contribution in [2.75, 3.05) is 27.2 Å². The van der Waals surface area contributed by atoms with Crippen molar-refractivity contribution in [2.45, 2.75) is 24.9 Å². The number of terminal acetylenes is 1. The van der Waals surface area contributed by atoms with Crippen molar-refractivity contribution in [3.8, 4) is 18.1 Å². The van der Waals surface area contributed by atoms with Gasteiger partial charge in [-0.3, -0.25) is 14.5 Å². The van der Waals surface area contributed by atoms with Crippen LogP contribution in [0.4, 0.5) is 0 Å². The highest BCUT2D eigenvalue weighted by atomic mass is 16.5. The fraction of sp³-hybridized carbons (Fsp3) is 0.444. The van der Waals surface area contributed by atoms with Crippen molar-refractivity contribution in [2.24, 2.45) is 0 Å². The molecule has 0 unspecified atom stereocenters. The predicted molar refractivity (Wildman–Crippen MR) is 91.4 cm³/mol. The van der Waals surface area contributed by atoms with Crippen LogP contribution in [0.15, 0.2) is 24.3 Å². The van der Waals surface area contributed by atoms with E-state index in [0.717, 1.165) is 12.0 Å². The second-order valence-electron chi connectivity index (χ2n) is 5.58. The average Bonchev–Trinajstić information content (AvgIpc) is 3.09. The molecule has 128 valence electrons. The maximum absolute atomic E-state index is 12.6. The number of benzene rings is 1. The monoisotopic (exact) mass is 329 g/mol. The van der Waals surface area contributed by atoms with E-state index < -0.39 is 6.04 Å². The molecule has 2 amide bonds. The van der Waals surface area contributed by atoms with Crippen LogP contribution in [-0.4, -0.2) is 50.0 Å². The van der Waals surface area contributed by atoms with Crippen molar-refractivity contribution < 1.29 is 14.3 Å². The second-order valence-corrected chi connectivity index (χ2v) is 5.58. The van der Waals surface area contributed by atoms with E-state index in [1.807, 2.05) is 29.2 Å². The number of likely N-dealkylation sites (tertiary alicyclic amines) is 1. The molecule has 1 aliphatic rings. The van der Waals surface area contributed by atoms with E-state index in [-0.39, 0.29) is 24.4 Å². The van der Waals surface area contributed by atoms with E-state index in [2.05, 4.69) is 16.6 Å². The van der Waals surface area contributed by atoms with Crippen LogP contribution in [0.3, 0.4) is 0 Å². The molecule has 0 radical (unpaired) electrons. The highest BCUT2D eigenvalue weighted by molar-refractivity contribution is 5.87. The van der Waals surface area contributed by atoms with Gasteiger partial charge in [0.25, 0.3) is 0 Å².